The quantitative estimate of drug-likeness (QED) is 0.644. The van der Waals surface area contributed by atoms with Crippen molar-refractivity contribution in [2.75, 3.05) is 18.8 Å². The summed E-state index contributed by atoms with van der Waals surface area (Å²) in [5.74, 6) is -3.66. The van der Waals surface area contributed by atoms with Gasteiger partial charge in [0.2, 0.25) is 5.91 Å². The van der Waals surface area contributed by atoms with Crippen molar-refractivity contribution in [2.24, 2.45) is 0 Å². The highest BCUT2D eigenvalue weighted by atomic mass is 32.2. The van der Waals surface area contributed by atoms with E-state index in [0.29, 0.717) is 11.8 Å². The fraction of sp³-hybridized carbons (Fsp3) is 0.333. The Balaban J connectivity index is 2.68. The number of alkyl halides is 3. The van der Waals surface area contributed by atoms with Crippen molar-refractivity contribution in [1.82, 2.24) is 4.90 Å². The van der Waals surface area contributed by atoms with E-state index in [4.69, 9.17) is 5.11 Å². The SMILES string of the molecule is O=C(O)CN(CC(F)(F)F)C(=O)CSc1ccccc1F. The van der Waals surface area contributed by atoms with Gasteiger partial charge in [0, 0.05) is 4.90 Å². The average molecular weight is 325 g/mol. The first-order valence-electron chi connectivity index (χ1n) is 5.62. The second-order valence-corrected chi connectivity index (χ2v) is 4.99. The van der Waals surface area contributed by atoms with Crippen LogP contribution in [0.1, 0.15) is 0 Å². The van der Waals surface area contributed by atoms with Gasteiger partial charge in [-0.15, -0.1) is 11.8 Å². The Hall–Kier alpha value is -1.77. The Bertz CT molecular complexity index is 521. The Morgan fingerprint density at radius 3 is 2.38 bits per heavy atom. The molecule has 0 radical (unpaired) electrons. The van der Waals surface area contributed by atoms with Gasteiger partial charge in [-0.25, -0.2) is 4.39 Å². The number of halogens is 4. The van der Waals surface area contributed by atoms with Crippen LogP contribution in [0.25, 0.3) is 0 Å². The van der Waals surface area contributed by atoms with Crippen LogP contribution < -0.4 is 0 Å². The van der Waals surface area contributed by atoms with E-state index in [9.17, 15) is 27.2 Å². The van der Waals surface area contributed by atoms with Crippen LogP contribution in [0, 0.1) is 5.82 Å². The zero-order chi connectivity index (χ0) is 16.0. The first kappa shape index (κ1) is 17.3. The van der Waals surface area contributed by atoms with Gasteiger partial charge in [0.15, 0.2) is 0 Å². The van der Waals surface area contributed by atoms with E-state index in [1.54, 1.807) is 0 Å². The number of rotatable bonds is 6. The molecule has 4 nitrogen and oxygen atoms in total. The predicted octanol–water partition coefficient (Wildman–Crippen LogP) is 2.39. The van der Waals surface area contributed by atoms with Gasteiger partial charge in [0.05, 0.1) is 5.75 Å². The van der Waals surface area contributed by atoms with Crippen LogP contribution in [0.5, 0.6) is 0 Å². The van der Waals surface area contributed by atoms with E-state index in [-0.39, 0.29) is 9.80 Å². The molecular weight excluding hydrogens is 314 g/mol. The van der Waals surface area contributed by atoms with Crippen molar-refractivity contribution in [3.63, 3.8) is 0 Å². The molecule has 0 bridgehead atoms. The molecule has 1 amide bonds. The van der Waals surface area contributed by atoms with Crippen LogP contribution >= 0.6 is 11.8 Å². The predicted molar refractivity (Wildman–Crippen MR) is 67.4 cm³/mol. The zero-order valence-electron chi connectivity index (χ0n) is 10.6. The molecule has 0 heterocycles. The Kier molecular flexibility index (Phi) is 6.01. The molecule has 0 aromatic heterocycles. The summed E-state index contributed by atoms with van der Waals surface area (Å²) < 4.78 is 50.2. The lowest BCUT2D eigenvalue weighted by Gasteiger charge is -2.21. The van der Waals surface area contributed by atoms with Gasteiger partial charge in [-0.3, -0.25) is 9.59 Å². The molecule has 0 saturated carbocycles. The molecule has 0 atom stereocenters. The van der Waals surface area contributed by atoms with Gasteiger partial charge in [0.1, 0.15) is 18.9 Å². The largest absolute Gasteiger partial charge is 0.480 e. The molecular formula is C12H11F4NO3S. The van der Waals surface area contributed by atoms with Crippen LogP contribution in [0.15, 0.2) is 29.2 Å². The maximum absolute atomic E-state index is 13.3. The molecule has 0 aliphatic carbocycles. The van der Waals surface area contributed by atoms with Crippen LogP contribution in [0.3, 0.4) is 0 Å². The summed E-state index contributed by atoms with van der Waals surface area (Å²) >= 11 is 0.710. The third-order valence-corrected chi connectivity index (χ3v) is 3.27. The molecule has 116 valence electrons. The summed E-state index contributed by atoms with van der Waals surface area (Å²) in [6.45, 7) is -2.72. The molecule has 1 aromatic carbocycles. The van der Waals surface area contributed by atoms with Crippen molar-refractivity contribution in [2.45, 2.75) is 11.1 Å². The molecule has 0 aliphatic rings. The molecule has 0 saturated heterocycles. The standard InChI is InChI=1S/C12H11F4NO3S/c13-8-3-1-2-4-9(8)21-6-10(18)17(5-11(19)20)7-12(14,15)16/h1-4H,5-7H2,(H,19,20). The molecule has 1 rings (SSSR count). The summed E-state index contributed by atoms with van der Waals surface area (Å²) in [4.78, 5) is 22.4. The number of carboxylic acid groups (broad SMARTS) is 1. The van der Waals surface area contributed by atoms with E-state index >= 15 is 0 Å². The van der Waals surface area contributed by atoms with Crippen LogP contribution in [0.4, 0.5) is 17.6 Å². The van der Waals surface area contributed by atoms with Gasteiger partial charge >= 0.3 is 12.1 Å². The maximum Gasteiger partial charge on any atom is 0.406 e. The van der Waals surface area contributed by atoms with Crippen molar-refractivity contribution >= 4 is 23.6 Å². The molecule has 0 aliphatic heterocycles. The number of nitrogens with zero attached hydrogens (tertiary/aromatic N) is 1. The molecule has 0 unspecified atom stereocenters. The second kappa shape index (κ2) is 7.30. The van der Waals surface area contributed by atoms with E-state index in [1.807, 2.05) is 0 Å². The number of benzene rings is 1. The molecule has 0 spiro atoms. The monoisotopic (exact) mass is 325 g/mol. The van der Waals surface area contributed by atoms with Crippen LogP contribution in [-0.2, 0) is 9.59 Å². The third kappa shape index (κ3) is 6.48. The van der Waals surface area contributed by atoms with Crippen molar-refractivity contribution < 1.29 is 32.3 Å². The number of hydrogen-bond acceptors (Lipinski definition) is 3. The van der Waals surface area contributed by atoms with Crippen LogP contribution in [-0.4, -0.2) is 46.9 Å². The highest BCUT2D eigenvalue weighted by molar-refractivity contribution is 8.00. The van der Waals surface area contributed by atoms with E-state index in [1.165, 1.54) is 18.2 Å². The van der Waals surface area contributed by atoms with Gasteiger partial charge < -0.3 is 10.0 Å². The molecule has 1 aromatic rings. The minimum Gasteiger partial charge on any atom is -0.480 e. The normalized spacial score (nSPS) is 11.2. The van der Waals surface area contributed by atoms with Gasteiger partial charge in [0.25, 0.3) is 0 Å². The first-order chi connectivity index (χ1) is 9.69. The third-order valence-electron chi connectivity index (χ3n) is 2.24. The summed E-state index contributed by atoms with van der Waals surface area (Å²) in [6.07, 6.45) is -4.70. The van der Waals surface area contributed by atoms with E-state index in [0.717, 1.165) is 6.07 Å². The van der Waals surface area contributed by atoms with E-state index in [2.05, 4.69) is 0 Å². The number of carboxylic acids is 1. The highest BCUT2D eigenvalue weighted by Crippen LogP contribution is 2.22. The second-order valence-electron chi connectivity index (χ2n) is 3.98. The fourth-order valence-electron chi connectivity index (χ4n) is 1.40. The minimum absolute atomic E-state index is 0.105. The summed E-state index contributed by atoms with van der Waals surface area (Å²) in [6, 6.07) is 5.47. The molecule has 21 heavy (non-hydrogen) atoms. The van der Waals surface area contributed by atoms with Crippen molar-refractivity contribution in [1.29, 1.82) is 0 Å². The Morgan fingerprint density at radius 2 is 1.86 bits per heavy atom. The topological polar surface area (TPSA) is 57.6 Å². The lowest BCUT2D eigenvalue weighted by Crippen LogP contribution is -2.42. The van der Waals surface area contributed by atoms with Crippen molar-refractivity contribution in [3.8, 4) is 0 Å². The van der Waals surface area contributed by atoms with E-state index < -0.39 is 42.7 Å². The molecule has 1 N–H and O–H groups in total. The summed E-state index contributed by atoms with van der Waals surface area (Å²) in [7, 11) is 0. The number of thioether (sulfide) groups is 1. The van der Waals surface area contributed by atoms with Crippen molar-refractivity contribution in [3.05, 3.63) is 30.1 Å². The Morgan fingerprint density at radius 1 is 1.24 bits per heavy atom. The maximum atomic E-state index is 13.3. The Labute approximate surface area is 121 Å². The molecule has 9 heteroatoms. The van der Waals surface area contributed by atoms with Gasteiger partial charge in [-0.1, -0.05) is 12.1 Å². The lowest BCUT2D eigenvalue weighted by atomic mass is 10.3. The fourth-order valence-corrected chi connectivity index (χ4v) is 2.25. The van der Waals surface area contributed by atoms with Crippen LogP contribution in [0.2, 0.25) is 0 Å². The average Bonchev–Trinajstić information content (AvgIpc) is 2.34. The summed E-state index contributed by atoms with van der Waals surface area (Å²) in [5, 5.41) is 8.53. The minimum atomic E-state index is -4.70. The lowest BCUT2D eigenvalue weighted by molar-refractivity contribution is -0.164. The number of amides is 1. The number of hydrogen-bond donors (Lipinski definition) is 1. The smallest absolute Gasteiger partial charge is 0.406 e. The number of carbonyl (C=O) groups is 2. The number of carbonyl (C=O) groups excluding carboxylic acids is 1. The molecule has 0 fully saturated rings. The zero-order valence-corrected chi connectivity index (χ0v) is 11.4. The highest BCUT2D eigenvalue weighted by Gasteiger charge is 2.33. The summed E-state index contributed by atoms with van der Waals surface area (Å²) in [5.41, 5.74) is 0. The van der Waals surface area contributed by atoms with Gasteiger partial charge in [-0.2, -0.15) is 13.2 Å². The number of aliphatic carboxylic acids is 1. The first-order valence-corrected chi connectivity index (χ1v) is 6.61. The van der Waals surface area contributed by atoms with Gasteiger partial charge in [-0.05, 0) is 12.1 Å².